The minimum atomic E-state index is 0.779. The molecule has 0 saturated carbocycles. The lowest BCUT2D eigenvalue weighted by atomic mass is 10.2. The molecule has 3 aromatic rings. The van der Waals surface area contributed by atoms with Gasteiger partial charge in [-0.25, -0.2) is 9.97 Å². The predicted molar refractivity (Wildman–Crippen MR) is 111 cm³/mol. The highest BCUT2D eigenvalue weighted by atomic mass is 79.9. The van der Waals surface area contributed by atoms with Gasteiger partial charge in [-0.2, -0.15) is 0 Å². The van der Waals surface area contributed by atoms with Crippen molar-refractivity contribution in [2.24, 2.45) is 0 Å². The fourth-order valence-electron chi connectivity index (χ4n) is 3.19. The van der Waals surface area contributed by atoms with E-state index in [0.717, 1.165) is 50.2 Å². The van der Waals surface area contributed by atoms with Crippen LogP contribution in [0.25, 0.3) is 46.4 Å². The molecule has 0 aliphatic carbocycles. The largest absolute Gasteiger partial charge is 0.355 e. The van der Waals surface area contributed by atoms with Crippen molar-refractivity contribution in [3.8, 4) is 0 Å². The molecule has 26 heavy (non-hydrogen) atoms. The number of aromatic nitrogens is 4. The number of rotatable bonds is 1. The summed E-state index contributed by atoms with van der Waals surface area (Å²) in [7, 11) is 0. The van der Waals surface area contributed by atoms with Crippen molar-refractivity contribution in [1.29, 1.82) is 0 Å². The lowest BCUT2D eigenvalue weighted by Crippen LogP contribution is -1.76. The second-order valence-corrected chi connectivity index (χ2v) is 6.89. The van der Waals surface area contributed by atoms with E-state index in [1.807, 2.05) is 36.4 Å². The number of fused-ring (bicyclic) bond motifs is 8. The summed E-state index contributed by atoms with van der Waals surface area (Å²) in [6.45, 7) is 0. The second kappa shape index (κ2) is 6.11. The van der Waals surface area contributed by atoms with E-state index in [4.69, 9.17) is 4.98 Å². The highest BCUT2D eigenvalue weighted by Crippen LogP contribution is 2.20. The van der Waals surface area contributed by atoms with Crippen LogP contribution in [-0.4, -0.2) is 19.9 Å². The molecule has 5 heterocycles. The van der Waals surface area contributed by atoms with Crippen LogP contribution in [0.2, 0.25) is 0 Å². The summed E-state index contributed by atoms with van der Waals surface area (Å²) in [5, 5.41) is 0.779. The maximum Gasteiger partial charge on any atom is 0.0658 e. The molecule has 2 aliphatic rings. The van der Waals surface area contributed by atoms with Crippen molar-refractivity contribution >= 4 is 62.3 Å². The van der Waals surface area contributed by atoms with Crippen LogP contribution in [0.4, 0.5) is 0 Å². The molecule has 3 aromatic heterocycles. The Morgan fingerprint density at radius 3 is 1.77 bits per heavy atom. The lowest BCUT2D eigenvalue weighted by Gasteiger charge is -1.88. The number of H-pyrrole nitrogens is 2. The summed E-state index contributed by atoms with van der Waals surface area (Å²) in [5.74, 6) is 0. The highest BCUT2D eigenvalue weighted by molar-refractivity contribution is 9.08. The Kier molecular flexibility index (Phi) is 3.60. The molecule has 0 spiro atoms. The van der Waals surface area contributed by atoms with Gasteiger partial charge in [0.1, 0.15) is 0 Å². The van der Waals surface area contributed by atoms with E-state index >= 15 is 0 Å². The fourth-order valence-corrected chi connectivity index (χ4v) is 3.65. The summed E-state index contributed by atoms with van der Waals surface area (Å²) in [5.41, 5.74) is 9.07. The first kappa shape index (κ1) is 15.3. The average Bonchev–Trinajstić information content (AvgIpc) is 3.39. The number of nitrogens with zero attached hydrogens (tertiary/aromatic N) is 2. The van der Waals surface area contributed by atoms with Gasteiger partial charge in [-0.05, 0) is 72.3 Å². The standard InChI is InChI=1S/C21H15BrN4/c22-12-13-7-20-10-18-4-3-16(24-18)8-14-1-2-15(23-14)9-17-5-6-19(25-17)11-21(13)26-20/h1-11,23,26H,12H2. The van der Waals surface area contributed by atoms with Crippen LogP contribution in [0.1, 0.15) is 28.3 Å². The van der Waals surface area contributed by atoms with Gasteiger partial charge in [-0.1, -0.05) is 15.9 Å². The molecule has 0 amide bonds. The molecule has 0 unspecified atom stereocenters. The molecule has 126 valence electrons. The van der Waals surface area contributed by atoms with Gasteiger partial charge >= 0.3 is 0 Å². The molecule has 0 saturated heterocycles. The van der Waals surface area contributed by atoms with Crippen LogP contribution < -0.4 is 0 Å². The number of aromatic amines is 2. The Hall–Kier alpha value is -2.92. The lowest BCUT2D eigenvalue weighted by molar-refractivity contribution is 1.31. The van der Waals surface area contributed by atoms with Crippen LogP contribution in [0.3, 0.4) is 0 Å². The first-order valence-electron chi connectivity index (χ1n) is 8.38. The van der Waals surface area contributed by atoms with Gasteiger partial charge in [0.25, 0.3) is 0 Å². The summed E-state index contributed by atoms with van der Waals surface area (Å²) >= 11 is 3.57. The third kappa shape index (κ3) is 2.91. The summed E-state index contributed by atoms with van der Waals surface area (Å²) in [6, 6.07) is 14.5. The first-order chi connectivity index (χ1) is 12.7. The molecule has 0 fully saturated rings. The minimum Gasteiger partial charge on any atom is -0.355 e. The smallest absolute Gasteiger partial charge is 0.0658 e. The van der Waals surface area contributed by atoms with Crippen LogP contribution in [-0.2, 0) is 5.33 Å². The third-order valence-corrected chi connectivity index (χ3v) is 5.00. The van der Waals surface area contributed by atoms with E-state index in [9.17, 15) is 0 Å². The molecule has 5 rings (SSSR count). The molecule has 2 N–H and O–H groups in total. The number of hydrogen-bond donors (Lipinski definition) is 2. The molecular weight excluding hydrogens is 388 g/mol. The number of nitrogens with one attached hydrogen (secondary N) is 2. The van der Waals surface area contributed by atoms with E-state index in [0.29, 0.717) is 0 Å². The molecular formula is C21H15BrN4. The summed E-state index contributed by atoms with van der Waals surface area (Å²) in [6.07, 6.45) is 8.12. The first-order valence-corrected chi connectivity index (χ1v) is 9.51. The normalized spacial score (nSPS) is 12.7. The van der Waals surface area contributed by atoms with Crippen LogP contribution in [0, 0.1) is 0 Å². The van der Waals surface area contributed by atoms with Gasteiger partial charge in [-0.3, -0.25) is 0 Å². The molecule has 0 radical (unpaired) electrons. The number of alkyl halides is 1. The summed E-state index contributed by atoms with van der Waals surface area (Å²) < 4.78 is 0. The Morgan fingerprint density at radius 2 is 1.19 bits per heavy atom. The second-order valence-electron chi connectivity index (χ2n) is 6.33. The highest BCUT2D eigenvalue weighted by Gasteiger charge is 2.04. The van der Waals surface area contributed by atoms with E-state index in [1.165, 1.54) is 5.56 Å². The van der Waals surface area contributed by atoms with Gasteiger partial charge in [0, 0.05) is 27.4 Å². The minimum absolute atomic E-state index is 0.779. The Morgan fingerprint density at radius 1 is 0.654 bits per heavy atom. The van der Waals surface area contributed by atoms with Gasteiger partial charge in [0.15, 0.2) is 0 Å². The van der Waals surface area contributed by atoms with Gasteiger partial charge in [0.2, 0.25) is 0 Å². The predicted octanol–water partition coefficient (Wildman–Crippen LogP) is 5.55. The van der Waals surface area contributed by atoms with Gasteiger partial charge in [0.05, 0.1) is 22.8 Å². The molecule has 8 bridgehead atoms. The van der Waals surface area contributed by atoms with Crippen molar-refractivity contribution in [1.82, 2.24) is 19.9 Å². The van der Waals surface area contributed by atoms with E-state index in [-0.39, 0.29) is 0 Å². The molecule has 2 aliphatic heterocycles. The quantitative estimate of drug-likeness (QED) is 0.361. The SMILES string of the molecule is BrCc1cc2cc3nc(cc4ccc(cc5nc(cc1[nH]2)C=C5)[nH]4)C=C3. The topological polar surface area (TPSA) is 57.4 Å². The van der Waals surface area contributed by atoms with Crippen molar-refractivity contribution in [2.45, 2.75) is 5.33 Å². The van der Waals surface area contributed by atoms with E-state index in [2.05, 4.69) is 61.2 Å². The average molecular weight is 403 g/mol. The van der Waals surface area contributed by atoms with Gasteiger partial charge in [-0.15, -0.1) is 0 Å². The molecule has 0 aromatic carbocycles. The maximum atomic E-state index is 4.69. The maximum absolute atomic E-state index is 4.69. The Labute approximate surface area is 158 Å². The van der Waals surface area contributed by atoms with Crippen molar-refractivity contribution in [3.05, 3.63) is 70.8 Å². The van der Waals surface area contributed by atoms with Crippen molar-refractivity contribution < 1.29 is 0 Å². The Balaban J connectivity index is 1.86. The van der Waals surface area contributed by atoms with Gasteiger partial charge < -0.3 is 9.97 Å². The number of hydrogen-bond acceptors (Lipinski definition) is 2. The number of halogens is 1. The Bertz CT molecular complexity index is 1230. The molecule has 5 heteroatoms. The zero-order valence-electron chi connectivity index (χ0n) is 13.8. The monoisotopic (exact) mass is 402 g/mol. The van der Waals surface area contributed by atoms with Crippen molar-refractivity contribution in [2.75, 3.05) is 0 Å². The molecule has 0 atom stereocenters. The van der Waals surface area contributed by atoms with Crippen molar-refractivity contribution in [3.63, 3.8) is 0 Å². The van der Waals surface area contributed by atoms with E-state index < -0.39 is 0 Å². The summed E-state index contributed by atoms with van der Waals surface area (Å²) in [4.78, 5) is 16.2. The molecule has 4 nitrogen and oxygen atoms in total. The van der Waals surface area contributed by atoms with Crippen LogP contribution >= 0.6 is 15.9 Å². The third-order valence-electron chi connectivity index (χ3n) is 4.40. The fraction of sp³-hybridized carbons (Fsp3) is 0.0476. The zero-order chi connectivity index (χ0) is 17.5. The van der Waals surface area contributed by atoms with Crippen LogP contribution in [0.5, 0.6) is 0 Å². The zero-order valence-corrected chi connectivity index (χ0v) is 15.4. The van der Waals surface area contributed by atoms with E-state index in [1.54, 1.807) is 0 Å². The van der Waals surface area contributed by atoms with Crippen LogP contribution in [0.15, 0.2) is 42.5 Å².